The van der Waals surface area contributed by atoms with Gasteiger partial charge in [-0.05, 0) is 76.0 Å². The van der Waals surface area contributed by atoms with Crippen molar-refractivity contribution in [2.75, 3.05) is 0 Å². The lowest BCUT2D eigenvalue weighted by Gasteiger charge is -2.59. The van der Waals surface area contributed by atoms with Crippen LogP contribution >= 0.6 is 0 Å². The molecular formula is C40H82O. The zero-order valence-corrected chi connectivity index (χ0v) is 30.8. The summed E-state index contributed by atoms with van der Waals surface area (Å²) in [6.45, 7) is 24.4. The first kappa shape index (κ1) is 41.0. The highest BCUT2D eigenvalue weighted by molar-refractivity contribution is 5.04. The maximum atomic E-state index is 8.23. The van der Waals surface area contributed by atoms with Crippen LogP contribution < -0.4 is 0 Å². The third-order valence-corrected chi connectivity index (χ3v) is 11.3. The second-order valence-corrected chi connectivity index (χ2v) is 14.7. The molecule has 0 aliphatic carbocycles. The monoisotopic (exact) mass is 579 g/mol. The summed E-state index contributed by atoms with van der Waals surface area (Å²) >= 11 is 0. The number of rotatable bonds is 30. The summed E-state index contributed by atoms with van der Waals surface area (Å²) in [6.07, 6.45) is 34.3. The lowest BCUT2D eigenvalue weighted by atomic mass is 9.59. The van der Waals surface area contributed by atoms with Gasteiger partial charge >= 0.3 is 0 Å². The number of hydrogen-bond donors (Lipinski definition) is 0. The van der Waals surface area contributed by atoms with Crippen LogP contribution in [0.5, 0.6) is 0 Å². The third kappa shape index (κ3) is 13.2. The van der Waals surface area contributed by atoms with Gasteiger partial charge in [0.1, 0.15) is 0 Å². The van der Waals surface area contributed by atoms with E-state index in [1.54, 1.807) is 0 Å². The maximum absolute atomic E-state index is 8.23. The Hall–Kier alpha value is -0.0400. The first-order chi connectivity index (χ1) is 19.7. The van der Waals surface area contributed by atoms with E-state index >= 15 is 0 Å². The molecule has 0 aromatic carbocycles. The van der Waals surface area contributed by atoms with Gasteiger partial charge in [-0.3, -0.25) is 0 Å². The molecule has 0 spiro atoms. The first-order valence-corrected chi connectivity index (χ1v) is 19.4. The molecule has 41 heavy (non-hydrogen) atoms. The van der Waals surface area contributed by atoms with Gasteiger partial charge in [0.15, 0.2) is 0 Å². The highest BCUT2D eigenvalue weighted by Crippen LogP contribution is 2.57. The fourth-order valence-electron chi connectivity index (χ4n) is 8.20. The number of unbranched alkanes of at least 4 members (excludes halogenated alkanes) is 10. The molecule has 0 aromatic heterocycles. The van der Waals surface area contributed by atoms with E-state index in [9.17, 15) is 0 Å². The van der Waals surface area contributed by atoms with Gasteiger partial charge in [-0.1, -0.05) is 171 Å². The molecule has 0 saturated heterocycles. The van der Waals surface area contributed by atoms with Crippen LogP contribution in [0.15, 0.2) is 0 Å². The predicted octanol–water partition coefficient (Wildman–Crippen LogP) is 14.8. The van der Waals surface area contributed by atoms with Gasteiger partial charge in [-0.25, -0.2) is 0 Å². The lowest BCUT2D eigenvalue weighted by Crippen LogP contribution is -2.58. The topological polar surface area (TPSA) is 9.23 Å². The molecule has 0 aliphatic heterocycles. The molecule has 0 heterocycles. The van der Waals surface area contributed by atoms with Crippen molar-refractivity contribution >= 4 is 0 Å². The lowest BCUT2D eigenvalue weighted by molar-refractivity contribution is -0.257. The van der Waals surface area contributed by atoms with Gasteiger partial charge in [0.2, 0.25) is 0 Å². The van der Waals surface area contributed by atoms with Crippen LogP contribution in [-0.2, 0) is 4.74 Å². The van der Waals surface area contributed by atoms with Crippen molar-refractivity contribution in [3.05, 3.63) is 0 Å². The Balaban J connectivity index is 7.23. The van der Waals surface area contributed by atoms with E-state index in [1.807, 2.05) is 0 Å². The van der Waals surface area contributed by atoms with Crippen molar-refractivity contribution in [1.82, 2.24) is 0 Å². The zero-order valence-electron chi connectivity index (χ0n) is 30.8. The molecule has 0 N–H and O–H groups in total. The molecule has 0 bridgehead atoms. The van der Waals surface area contributed by atoms with Crippen molar-refractivity contribution in [2.24, 2.45) is 10.8 Å². The van der Waals surface area contributed by atoms with Gasteiger partial charge in [-0.15, -0.1) is 0 Å². The van der Waals surface area contributed by atoms with E-state index in [2.05, 4.69) is 69.2 Å². The van der Waals surface area contributed by atoms with Gasteiger partial charge < -0.3 is 4.74 Å². The molecule has 0 amide bonds. The Morgan fingerprint density at radius 3 is 0.707 bits per heavy atom. The van der Waals surface area contributed by atoms with Crippen LogP contribution in [-0.4, -0.2) is 11.2 Å². The second-order valence-electron chi connectivity index (χ2n) is 14.7. The summed E-state index contributed by atoms with van der Waals surface area (Å²) in [4.78, 5) is 0. The molecule has 0 rings (SSSR count). The molecule has 2 atom stereocenters. The molecule has 0 fully saturated rings. The van der Waals surface area contributed by atoms with Crippen molar-refractivity contribution in [3.63, 3.8) is 0 Å². The first-order valence-electron chi connectivity index (χ1n) is 19.4. The SMILES string of the molecule is CCCCCC(C)(OC(C)(CCCCC)C(CCCC)(CCCC)CCCC)C(CCCC)(CCCC)CCCC. The maximum Gasteiger partial charge on any atom is 0.0718 e. The summed E-state index contributed by atoms with van der Waals surface area (Å²) in [5.41, 5.74) is 0.471. The van der Waals surface area contributed by atoms with Crippen LogP contribution in [0.1, 0.15) is 236 Å². The minimum Gasteiger partial charge on any atom is -0.368 e. The molecule has 2 unspecified atom stereocenters. The number of ether oxygens (including phenoxy) is 1. The van der Waals surface area contributed by atoms with Gasteiger partial charge in [0.25, 0.3) is 0 Å². The Morgan fingerprint density at radius 2 is 0.512 bits per heavy atom. The third-order valence-electron chi connectivity index (χ3n) is 11.3. The summed E-state index contributed by atoms with van der Waals surface area (Å²) in [5, 5.41) is 0. The van der Waals surface area contributed by atoms with Gasteiger partial charge in [-0.2, -0.15) is 0 Å². The number of hydrogen-bond acceptors (Lipinski definition) is 1. The van der Waals surface area contributed by atoms with Crippen LogP contribution in [0.3, 0.4) is 0 Å². The van der Waals surface area contributed by atoms with Crippen LogP contribution in [0.2, 0.25) is 0 Å². The summed E-state index contributed by atoms with van der Waals surface area (Å²) in [6, 6.07) is 0. The van der Waals surface area contributed by atoms with Crippen LogP contribution in [0.25, 0.3) is 0 Å². The Kier molecular flexibility index (Phi) is 23.3. The molecular weight excluding hydrogens is 496 g/mol. The highest BCUT2D eigenvalue weighted by Gasteiger charge is 2.55. The molecule has 1 nitrogen and oxygen atoms in total. The molecule has 248 valence electrons. The smallest absolute Gasteiger partial charge is 0.0718 e. The summed E-state index contributed by atoms with van der Waals surface area (Å²) in [7, 11) is 0. The van der Waals surface area contributed by atoms with E-state index in [-0.39, 0.29) is 11.2 Å². The quantitative estimate of drug-likeness (QED) is 0.0770. The molecule has 1 heteroatoms. The standard InChI is InChI=1S/C40H82O/c1-11-19-27-29-37(9,39(31-21-13-3,32-22-14-4)33-23-15-5)41-38(10,30-28-20-12-2)40(34-24-16-6,35-25-17-7)36-26-18-8/h11-36H2,1-10H3. The fraction of sp³-hybridized carbons (Fsp3) is 1.00. The average Bonchev–Trinajstić information content (AvgIpc) is 2.96. The average molecular weight is 579 g/mol. The van der Waals surface area contributed by atoms with E-state index in [1.165, 1.54) is 167 Å². The second kappa shape index (κ2) is 23.4. The van der Waals surface area contributed by atoms with Gasteiger partial charge in [0.05, 0.1) is 11.2 Å². The highest BCUT2D eigenvalue weighted by atomic mass is 16.5. The minimum atomic E-state index is -0.0570. The molecule has 0 saturated carbocycles. The normalized spacial score (nSPS) is 15.7. The van der Waals surface area contributed by atoms with Crippen molar-refractivity contribution in [3.8, 4) is 0 Å². The van der Waals surface area contributed by atoms with Crippen LogP contribution in [0, 0.1) is 10.8 Å². The predicted molar refractivity (Wildman–Crippen MR) is 188 cm³/mol. The molecule has 0 radical (unpaired) electrons. The zero-order chi connectivity index (χ0) is 31.1. The Labute approximate surface area is 262 Å². The molecule has 0 aromatic rings. The fourth-order valence-corrected chi connectivity index (χ4v) is 8.20. The largest absolute Gasteiger partial charge is 0.368 e. The van der Waals surface area contributed by atoms with E-state index in [4.69, 9.17) is 4.74 Å². The Morgan fingerprint density at radius 1 is 0.293 bits per heavy atom. The van der Waals surface area contributed by atoms with Crippen molar-refractivity contribution < 1.29 is 4.74 Å². The summed E-state index contributed by atoms with van der Waals surface area (Å²) < 4.78 is 8.23. The van der Waals surface area contributed by atoms with Crippen LogP contribution in [0.4, 0.5) is 0 Å². The molecule has 0 aliphatic rings. The minimum absolute atomic E-state index is 0.0570. The van der Waals surface area contributed by atoms with Crippen molar-refractivity contribution in [2.45, 2.75) is 247 Å². The van der Waals surface area contributed by atoms with Gasteiger partial charge in [0, 0.05) is 0 Å². The summed E-state index contributed by atoms with van der Waals surface area (Å²) in [5.74, 6) is 0. The van der Waals surface area contributed by atoms with Crippen molar-refractivity contribution in [1.29, 1.82) is 0 Å². The van der Waals surface area contributed by atoms with E-state index in [0.29, 0.717) is 10.8 Å². The Bertz CT molecular complexity index is 488. The van der Waals surface area contributed by atoms with E-state index in [0.717, 1.165) is 0 Å². The van der Waals surface area contributed by atoms with E-state index < -0.39 is 0 Å².